The second-order valence-corrected chi connectivity index (χ2v) is 14.9. The molecule has 12 rings (SSSR count). The monoisotopic (exact) mass is 732 g/mol. The third kappa shape index (κ3) is 5.08. The second kappa shape index (κ2) is 12.8. The number of para-hydroxylation sites is 2. The van der Waals surface area contributed by atoms with E-state index in [-0.39, 0.29) is 5.75 Å². The van der Waals surface area contributed by atoms with Crippen molar-refractivity contribution in [3.63, 3.8) is 0 Å². The Kier molecular flexibility index (Phi) is 7.35. The smallest absolute Gasteiger partial charge is 0.150 e. The van der Waals surface area contributed by atoms with Crippen molar-refractivity contribution in [2.45, 2.75) is 6.92 Å². The maximum atomic E-state index is 10.5. The van der Waals surface area contributed by atoms with E-state index in [9.17, 15) is 5.11 Å². The van der Waals surface area contributed by atoms with E-state index in [1.165, 1.54) is 76.1 Å². The molecule has 270 valence electrons. The van der Waals surface area contributed by atoms with Crippen molar-refractivity contribution in [3.8, 4) is 22.6 Å². The summed E-state index contributed by atoms with van der Waals surface area (Å²) < 4.78 is 8.65. The van der Waals surface area contributed by atoms with Gasteiger partial charge in [0.05, 0.1) is 27.8 Å². The maximum absolute atomic E-state index is 10.5. The van der Waals surface area contributed by atoms with Crippen molar-refractivity contribution < 1.29 is 9.52 Å². The zero-order chi connectivity index (χ0) is 38.2. The number of nitrogens with two attached hydrogens (primary N) is 1. The van der Waals surface area contributed by atoms with E-state index in [2.05, 4.69) is 169 Å². The number of benzene rings is 10. The van der Waals surface area contributed by atoms with Gasteiger partial charge in [-0.3, -0.25) is 0 Å². The third-order valence-corrected chi connectivity index (χ3v) is 11.6. The van der Waals surface area contributed by atoms with E-state index in [1.807, 2.05) is 18.2 Å². The van der Waals surface area contributed by atoms with Gasteiger partial charge in [0.15, 0.2) is 0 Å². The molecular weight excluding hydrogens is 697 g/mol. The van der Waals surface area contributed by atoms with Crippen LogP contribution in [0.25, 0.3) is 104 Å². The van der Waals surface area contributed by atoms with Crippen LogP contribution in [0.5, 0.6) is 5.75 Å². The molecule has 0 aliphatic heterocycles. The minimum atomic E-state index is 0.0711. The van der Waals surface area contributed by atoms with Gasteiger partial charge in [0, 0.05) is 27.1 Å². The highest BCUT2D eigenvalue weighted by molar-refractivity contribution is 6.19. The summed E-state index contributed by atoms with van der Waals surface area (Å²) in [5.74, 6) is 0.0711. The fraction of sp³-hybridized carbons (Fsp3) is 0.0189. The molecule has 2 aromatic heterocycles. The molecule has 4 heteroatoms. The summed E-state index contributed by atoms with van der Waals surface area (Å²) in [6.45, 7) is 2.19. The lowest BCUT2D eigenvalue weighted by Crippen LogP contribution is -1.96. The maximum Gasteiger partial charge on any atom is 0.150 e. The van der Waals surface area contributed by atoms with Crippen LogP contribution in [0.2, 0.25) is 0 Å². The van der Waals surface area contributed by atoms with Crippen LogP contribution in [0.1, 0.15) is 5.56 Å². The van der Waals surface area contributed by atoms with Gasteiger partial charge in [0.1, 0.15) is 16.9 Å². The minimum absolute atomic E-state index is 0.0711. The van der Waals surface area contributed by atoms with Gasteiger partial charge in [-0.25, -0.2) is 0 Å². The van der Waals surface area contributed by atoms with Gasteiger partial charge in [-0.05, 0) is 98.2 Å². The Labute approximate surface area is 328 Å². The number of anilines is 1. The van der Waals surface area contributed by atoms with Crippen molar-refractivity contribution >= 4 is 92.5 Å². The van der Waals surface area contributed by atoms with Gasteiger partial charge in [-0.2, -0.15) is 0 Å². The largest absolute Gasteiger partial charge is 0.505 e. The molecule has 3 N–H and O–H groups in total. The zero-order valence-corrected chi connectivity index (χ0v) is 31.2. The zero-order valence-electron chi connectivity index (χ0n) is 31.2. The molecule has 10 aromatic carbocycles. The van der Waals surface area contributed by atoms with Crippen molar-refractivity contribution in [1.82, 2.24) is 4.57 Å². The van der Waals surface area contributed by atoms with Crippen molar-refractivity contribution in [3.05, 3.63) is 188 Å². The van der Waals surface area contributed by atoms with Crippen LogP contribution in [-0.2, 0) is 0 Å². The van der Waals surface area contributed by atoms with Crippen LogP contribution in [0.3, 0.4) is 0 Å². The van der Waals surface area contributed by atoms with Gasteiger partial charge in [0.2, 0.25) is 0 Å². The number of nitrogen functional groups attached to an aromatic ring is 1. The number of rotatable bonds is 2. The molecule has 0 saturated carbocycles. The standard InChI is InChI=1S/C27H19N.C26H17NO2/c1-18-14-15-26(22-11-5-4-10-21(18)22)28-25-13-7-6-12-23(25)24-16-19-8-2-3-9-20(19)17-27(24)28;27-22-12-13-23-24(25(22)28)20-11-5-10-19(26(20)29-23)21-14-15-6-1-2-7-16(15)17-8-3-4-9-18(17)21/h2-17H,1H3;1-14,28H,27H2. The van der Waals surface area contributed by atoms with Crippen LogP contribution in [-0.4, -0.2) is 9.67 Å². The minimum Gasteiger partial charge on any atom is -0.505 e. The number of aryl methyl sites for hydroxylation is 1. The lowest BCUT2D eigenvalue weighted by atomic mass is 9.92. The molecule has 0 bridgehead atoms. The summed E-state index contributed by atoms with van der Waals surface area (Å²) in [4.78, 5) is 0. The molecule has 0 aliphatic rings. The predicted molar refractivity (Wildman–Crippen MR) is 241 cm³/mol. The van der Waals surface area contributed by atoms with E-state index < -0.39 is 0 Å². The Hall–Kier alpha value is -7.56. The Morgan fingerprint density at radius 3 is 1.89 bits per heavy atom. The predicted octanol–water partition coefficient (Wildman–Crippen LogP) is 14.2. The number of nitrogens with zero attached hydrogens (tertiary/aromatic N) is 1. The lowest BCUT2D eigenvalue weighted by Gasteiger charge is -2.13. The molecule has 0 fully saturated rings. The Morgan fingerprint density at radius 1 is 0.456 bits per heavy atom. The normalized spacial score (nSPS) is 11.7. The first-order chi connectivity index (χ1) is 28.0. The van der Waals surface area contributed by atoms with Crippen molar-refractivity contribution in [2.24, 2.45) is 0 Å². The van der Waals surface area contributed by atoms with E-state index in [0.717, 1.165) is 22.1 Å². The number of furan rings is 1. The quantitative estimate of drug-likeness (QED) is 0.106. The Bertz CT molecular complexity index is 3570. The number of aromatic nitrogens is 1. The topological polar surface area (TPSA) is 64.3 Å². The van der Waals surface area contributed by atoms with Crippen molar-refractivity contribution in [2.75, 3.05) is 5.73 Å². The molecule has 0 saturated heterocycles. The van der Waals surface area contributed by atoms with Crippen LogP contribution < -0.4 is 5.73 Å². The molecule has 0 amide bonds. The van der Waals surface area contributed by atoms with Crippen LogP contribution in [0, 0.1) is 6.92 Å². The summed E-state index contributed by atoms with van der Waals surface area (Å²) >= 11 is 0. The van der Waals surface area contributed by atoms with E-state index in [0.29, 0.717) is 16.7 Å². The highest BCUT2D eigenvalue weighted by atomic mass is 16.3. The highest BCUT2D eigenvalue weighted by Gasteiger charge is 2.19. The fourth-order valence-electron chi connectivity index (χ4n) is 8.92. The van der Waals surface area contributed by atoms with Gasteiger partial charge in [-0.15, -0.1) is 0 Å². The van der Waals surface area contributed by atoms with E-state index in [4.69, 9.17) is 10.2 Å². The number of aromatic hydroxyl groups is 1. The number of hydrogen-bond donors (Lipinski definition) is 2. The Morgan fingerprint density at radius 2 is 1.09 bits per heavy atom. The number of phenols is 1. The van der Waals surface area contributed by atoms with Gasteiger partial charge < -0.3 is 19.8 Å². The SMILES string of the molecule is Cc1ccc(-n2c3ccccc3c3cc4ccccc4cc32)c2ccccc12.Nc1ccc2oc3c(-c4cc5ccccc5c5ccccc45)cccc3c2c1O. The molecule has 57 heavy (non-hydrogen) atoms. The van der Waals surface area contributed by atoms with E-state index in [1.54, 1.807) is 6.07 Å². The first-order valence-corrected chi connectivity index (χ1v) is 19.3. The average molecular weight is 733 g/mol. The summed E-state index contributed by atoms with van der Waals surface area (Å²) in [7, 11) is 0. The number of fused-ring (bicyclic) bond motifs is 11. The average Bonchev–Trinajstić information content (AvgIpc) is 3.80. The van der Waals surface area contributed by atoms with Crippen LogP contribution in [0.4, 0.5) is 5.69 Å². The summed E-state index contributed by atoms with van der Waals surface area (Å²) in [5.41, 5.74) is 14.8. The van der Waals surface area contributed by atoms with Gasteiger partial charge in [0.25, 0.3) is 0 Å². The second-order valence-electron chi connectivity index (χ2n) is 14.9. The summed E-state index contributed by atoms with van der Waals surface area (Å²) in [6, 6.07) is 63.8. The summed E-state index contributed by atoms with van der Waals surface area (Å²) in [5, 5.41) is 24.6. The first kappa shape index (κ1) is 32.8. The van der Waals surface area contributed by atoms with E-state index >= 15 is 0 Å². The van der Waals surface area contributed by atoms with Crippen LogP contribution in [0.15, 0.2) is 186 Å². The molecule has 0 atom stereocenters. The molecule has 12 aromatic rings. The van der Waals surface area contributed by atoms with Crippen LogP contribution >= 0.6 is 0 Å². The fourth-order valence-corrected chi connectivity index (χ4v) is 8.92. The van der Waals surface area contributed by atoms with Gasteiger partial charge in [-0.1, -0.05) is 140 Å². The molecule has 0 spiro atoms. The molecule has 0 aliphatic carbocycles. The summed E-state index contributed by atoms with van der Waals surface area (Å²) in [6.07, 6.45) is 0. The first-order valence-electron chi connectivity index (χ1n) is 19.3. The molecule has 2 heterocycles. The molecule has 0 radical (unpaired) electrons. The number of phenolic OH excluding ortho intramolecular Hbond substituents is 1. The molecule has 4 nitrogen and oxygen atoms in total. The van der Waals surface area contributed by atoms with Gasteiger partial charge >= 0.3 is 0 Å². The molecular formula is C53H36N2O2. The lowest BCUT2D eigenvalue weighted by molar-refractivity contribution is 0.484. The number of hydrogen-bond acceptors (Lipinski definition) is 3. The Balaban J connectivity index is 0.000000131. The molecule has 0 unspecified atom stereocenters. The van der Waals surface area contributed by atoms with Crippen molar-refractivity contribution in [1.29, 1.82) is 0 Å². The highest BCUT2D eigenvalue weighted by Crippen LogP contribution is 2.44. The third-order valence-electron chi connectivity index (χ3n) is 11.6.